The standard InChI is InChI=1S/C22H17N3/c1-2-7-18(8-3-1)22(19-11-15-23-16-12-19,20-9-6-13-24-17-20)21-10-4-5-14-25-21/h1-17H. The highest BCUT2D eigenvalue weighted by atomic mass is 14.7. The number of rotatable bonds is 4. The number of hydrogen-bond donors (Lipinski definition) is 0. The molecule has 0 aliphatic rings. The number of aromatic nitrogens is 3. The second-order valence-corrected chi connectivity index (χ2v) is 5.81. The van der Waals surface area contributed by atoms with Gasteiger partial charge in [0.25, 0.3) is 0 Å². The molecular formula is C22H17N3. The van der Waals surface area contributed by atoms with Gasteiger partial charge in [-0.25, -0.2) is 0 Å². The third-order valence-corrected chi connectivity index (χ3v) is 4.46. The molecule has 0 aliphatic carbocycles. The summed E-state index contributed by atoms with van der Waals surface area (Å²) < 4.78 is 0. The first-order valence-corrected chi connectivity index (χ1v) is 8.20. The molecule has 3 nitrogen and oxygen atoms in total. The van der Waals surface area contributed by atoms with E-state index in [2.05, 4.69) is 58.5 Å². The van der Waals surface area contributed by atoms with Crippen molar-refractivity contribution in [3.05, 3.63) is 126 Å². The SMILES string of the molecule is c1ccc(C(c2ccncc2)(c2cccnc2)c2ccccn2)cc1. The minimum Gasteiger partial charge on any atom is -0.265 e. The molecule has 0 fully saturated rings. The van der Waals surface area contributed by atoms with E-state index in [1.54, 1.807) is 6.20 Å². The molecule has 120 valence electrons. The topological polar surface area (TPSA) is 38.7 Å². The average Bonchev–Trinajstić information content (AvgIpc) is 2.72. The quantitative estimate of drug-likeness (QED) is 0.563. The molecule has 0 saturated heterocycles. The Morgan fingerprint density at radius 2 is 1.24 bits per heavy atom. The van der Waals surface area contributed by atoms with Gasteiger partial charge in [-0.3, -0.25) is 15.0 Å². The molecule has 4 rings (SSSR count). The highest BCUT2D eigenvalue weighted by Gasteiger charge is 2.39. The van der Waals surface area contributed by atoms with Crippen molar-refractivity contribution < 1.29 is 0 Å². The molecular weight excluding hydrogens is 306 g/mol. The fraction of sp³-hybridized carbons (Fsp3) is 0.0455. The molecule has 1 aromatic carbocycles. The lowest BCUT2D eigenvalue weighted by atomic mass is 9.67. The molecule has 3 aromatic heterocycles. The van der Waals surface area contributed by atoms with Crippen LogP contribution in [0.5, 0.6) is 0 Å². The van der Waals surface area contributed by atoms with Gasteiger partial charge in [-0.05, 0) is 47.0 Å². The zero-order valence-corrected chi connectivity index (χ0v) is 13.7. The van der Waals surface area contributed by atoms with Gasteiger partial charge < -0.3 is 0 Å². The summed E-state index contributed by atoms with van der Waals surface area (Å²) in [4.78, 5) is 13.3. The third kappa shape index (κ3) is 2.60. The number of nitrogens with zero attached hydrogens (tertiary/aromatic N) is 3. The van der Waals surface area contributed by atoms with E-state index in [0.717, 1.165) is 22.4 Å². The summed E-state index contributed by atoms with van der Waals surface area (Å²) >= 11 is 0. The summed E-state index contributed by atoms with van der Waals surface area (Å²) in [6, 6.07) is 24.6. The zero-order chi connectivity index (χ0) is 17.0. The first-order chi connectivity index (χ1) is 12.4. The summed E-state index contributed by atoms with van der Waals surface area (Å²) in [6.45, 7) is 0. The van der Waals surface area contributed by atoms with E-state index in [1.807, 2.05) is 49.1 Å². The van der Waals surface area contributed by atoms with E-state index < -0.39 is 5.41 Å². The van der Waals surface area contributed by atoms with Crippen LogP contribution in [0.1, 0.15) is 22.4 Å². The van der Waals surface area contributed by atoms with Gasteiger partial charge in [-0.2, -0.15) is 0 Å². The number of pyridine rings is 3. The van der Waals surface area contributed by atoms with E-state index in [0.29, 0.717) is 0 Å². The molecule has 0 N–H and O–H groups in total. The number of hydrogen-bond acceptors (Lipinski definition) is 3. The van der Waals surface area contributed by atoms with Gasteiger partial charge in [0, 0.05) is 31.0 Å². The van der Waals surface area contributed by atoms with Crippen LogP contribution in [0.15, 0.2) is 104 Å². The Morgan fingerprint density at radius 1 is 0.520 bits per heavy atom. The summed E-state index contributed by atoms with van der Waals surface area (Å²) in [7, 11) is 0. The van der Waals surface area contributed by atoms with Crippen molar-refractivity contribution in [3.63, 3.8) is 0 Å². The van der Waals surface area contributed by atoms with Gasteiger partial charge in [0.1, 0.15) is 0 Å². The molecule has 4 aromatic rings. The van der Waals surface area contributed by atoms with Crippen LogP contribution >= 0.6 is 0 Å². The van der Waals surface area contributed by atoms with Crippen LogP contribution in [0.25, 0.3) is 0 Å². The monoisotopic (exact) mass is 323 g/mol. The highest BCUT2D eigenvalue weighted by molar-refractivity contribution is 5.56. The van der Waals surface area contributed by atoms with E-state index in [9.17, 15) is 0 Å². The lowest BCUT2D eigenvalue weighted by molar-refractivity contribution is 0.708. The van der Waals surface area contributed by atoms with Crippen LogP contribution in [0.2, 0.25) is 0 Å². The van der Waals surface area contributed by atoms with Crippen LogP contribution in [-0.2, 0) is 5.41 Å². The fourth-order valence-electron chi connectivity index (χ4n) is 3.40. The van der Waals surface area contributed by atoms with Crippen molar-refractivity contribution in [3.8, 4) is 0 Å². The second kappa shape index (κ2) is 6.65. The summed E-state index contributed by atoms with van der Waals surface area (Å²) in [5, 5.41) is 0. The molecule has 0 aliphatic heterocycles. The zero-order valence-electron chi connectivity index (χ0n) is 13.7. The first kappa shape index (κ1) is 15.2. The van der Waals surface area contributed by atoms with Crippen molar-refractivity contribution in [2.45, 2.75) is 5.41 Å². The highest BCUT2D eigenvalue weighted by Crippen LogP contribution is 2.43. The maximum absolute atomic E-state index is 4.73. The Morgan fingerprint density at radius 3 is 1.92 bits per heavy atom. The summed E-state index contributed by atoms with van der Waals surface area (Å²) in [5.74, 6) is 0. The Bertz CT molecular complexity index is 760. The Kier molecular flexibility index (Phi) is 4.05. The lowest BCUT2D eigenvalue weighted by Crippen LogP contribution is -2.32. The van der Waals surface area contributed by atoms with Crippen LogP contribution in [0, 0.1) is 0 Å². The Hall–Kier alpha value is -3.33. The minimum absolute atomic E-state index is 0.542. The minimum atomic E-state index is -0.542. The van der Waals surface area contributed by atoms with Gasteiger partial charge in [0.2, 0.25) is 0 Å². The number of benzene rings is 1. The molecule has 0 saturated carbocycles. The lowest BCUT2D eigenvalue weighted by Gasteiger charge is -2.35. The smallest absolute Gasteiger partial charge is 0.0889 e. The van der Waals surface area contributed by atoms with Gasteiger partial charge in [0.05, 0.1) is 11.1 Å². The van der Waals surface area contributed by atoms with Crippen LogP contribution < -0.4 is 0 Å². The van der Waals surface area contributed by atoms with Gasteiger partial charge in [-0.1, -0.05) is 42.5 Å². The average molecular weight is 323 g/mol. The van der Waals surface area contributed by atoms with E-state index in [-0.39, 0.29) is 0 Å². The fourth-order valence-corrected chi connectivity index (χ4v) is 3.40. The normalized spacial score (nSPS) is 13.1. The van der Waals surface area contributed by atoms with E-state index >= 15 is 0 Å². The molecule has 1 atom stereocenters. The Balaban J connectivity index is 2.13. The molecule has 1 unspecified atom stereocenters. The predicted octanol–water partition coefficient (Wildman–Crippen LogP) is 4.25. The van der Waals surface area contributed by atoms with Gasteiger partial charge in [-0.15, -0.1) is 0 Å². The third-order valence-electron chi connectivity index (χ3n) is 4.46. The molecule has 3 heterocycles. The molecule has 0 bridgehead atoms. The van der Waals surface area contributed by atoms with Crippen LogP contribution in [0.4, 0.5) is 0 Å². The second-order valence-electron chi connectivity index (χ2n) is 5.81. The largest absolute Gasteiger partial charge is 0.265 e. The Labute approximate surface area is 147 Å². The van der Waals surface area contributed by atoms with E-state index in [4.69, 9.17) is 4.98 Å². The van der Waals surface area contributed by atoms with E-state index in [1.165, 1.54) is 0 Å². The van der Waals surface area contributed by atoms with Crippen molar-refractivity contribution >= 4 is 0 Å². The first-order valence-electron chi connectivity index (χ1n) is 8.20. The predicted molar refractivity (Wildman–Crippen MR) is 98.1 cm³/mol. The molecule has 0 amide bonds. The van der Waals surface area contributed by atoms with Crippen molar-refractivity contribution in [1.82, 2.24) is 15.0 Å². The summed E-state index contributed by atoms with van der Waals surface area (Å²) in [5.41, 5.74) is 3.75. The van der Waals surface area contributed by atoms with Gasteiger partial charge in [0.15, 0.2) is 0 Å². The van der Waals surface area contributed by atoms with Crippen molar-refractivity contribution in [1.29, 1.82) is 0 Å². The molecule has 0 spiro atoms. The molecule has 25 heavy (non-hydrogen) atoms. The van der Waals surface area contributed by atoms with Crippen LogP contribution in [-0.4, -0.2) is 15.0 Å². The van der Waals surface area contributed by atoms with Gasteiger partial charge >= 0.3 is 0 Å². The van der Waals surface area contributed by atoms with Crippen molar-refractivity contribution in [2.24, 2.45) is 0 Å². The van der Waals surface area contributed by atoms with Crippen molar-refractivity contribution in [2.75, 3.05) is 0 Å². The molecule has 3 heteroatoms. The summed E-state index contributed by atoms with van der Waals surface area (Å²) in [6.07, 6.45) is 9.20. The maximum Gasteiger partial charge on any atom is 0.0889 e. The van der Waals surface area contributed by atoms with Crippen LogP contribution in [0.3, 0.4) is 0 Å². The molecule has 0 radical (unpaired) electrons. The maximum atomic E-state index is 4.73.